The molecule has 1 atom stereocenters. The van der Waals surface area contributed by atoms with Crippen LogP contribution in [-0.2, 0) is 0 Å². The van der Waals surface area contributed by atoms with Crippen LogP contribution >= 0.6 is 0 Å². The second-order valence-corrected chi connectivity index (χ2v) is 2.43. The summed E-state index contributed by atoms with van der Waals surface area (Å²) < 4.78 is 48.2. The summed E-state index contributed by atoms with van der Waals surface area (Å²) in [7, 11) is 0. The molecule has 0 aliphatic carbocycles. The van der Waals surface area contributed by atoms with E-state index in [-0.39, 0.29) is 5.56 Å². The summed E-state index contributed by atoms with van der Waals surface area (Å²) in [4.78, 5) is 3.07. The Bertz CT molecular complexity index is 280. The summed E-state index contributed by atoms with van der Waals surface area (Å²) in [6.07, 6.45) is -3.76. The highest BCUT2D eigenvalue weighted by molar-refractivity contribution is 5.15. The van der Waals surface area contributed by atoms with E-state index in [9.17, 15) is 17.6 Å². The van der Waals surface area contributed by atoms with Crippen molar-refractivity contribution in [1.82, 2.24) is 4.98 Å². The van der Waals surface area contributed by atoms with Gasteiger partial charge in [-0.15, -0.1) is 0 Å². The molecule has 0 bridgehead atoms. The first-order valence-electron chi connectivity index (χ1n) is 3.35. The van der Waals surface area contributed by atoms with Crippen LogP contribution in [0, 0.1) is 5.95 Å². The highest BCUT2D eigenvalue weighted by atomic mass is 19.4. The minimum absolute atomic E-state index is 0.256. The molecule has 0 saturated heterocycles. The Hall–Kier alpha value is -1.17. The fourth-order valence-electron chi connectivity index (χ4n) is 0.760. The molecule has 0 fully saturated rings. The lowest BCUT2D eigenvalue weighted by Crippen LogP contribution is -2.28. The molecule has 1 rings (SSSR count). The molecule has 0 aliphatic rings. The minimum Gasteiger partial charge on any atom is -0.316 e. The average molecular weight is 194 g/mol. The second-order valence-electron chi connectivity index (χ2n) is 2.43. The molecule has 0 aliphatic heterocycles. The molecule has 0 unspecified atom stereocenters. The van der Waals surface area contributed by atoms with Crippen LogP contribution in [-0.4, -0.2) is 11.2 Å². The summed E-state index contributed by atoms with van der Waals surface area (Å²) in [6.45, 7) is 0. The number of hydrogen-bond acceptors (Lipinski definition) is 2. The summed E-state index contributed by atoms with van der Waals surface area (Å²) in [5.74, 6) is -0.835. The van der Waals surface area contributed by atoms with Crippen LogP contribution in [0.15, 0.2) is 18.3 Å². The standard InChI is InChI=1S/C7H6F4N2/c8-5-2-1-4(3-13-5)6(12)7(9,10)11/h1-3,6H,12H2/t6-/m1/s1. The smallest absolute Gasteiger partial charge is 0.316 e. The third-order valence-electron chi connectivity index (χ3n) is 1.46. The van der Waals surface area contributed by atoms with Crippen molar-refractivity contribution < 1.29 is 17.6 Å². The maximum Gasteiger partial charge on any atom is 0.407 e. The van der Waals surface area contributed by atoms with Crippen LogP contribution in [0.4, 0.5) is 17.6 Å². The zero-order chi connectivity index (χ0) is 10.1. The van der Waals surface area contributed by atoms with Gasteiger partial charge in [-0.05, 0) is 11.6 Å². The van der Waals surface area contributed by atoms with E-state index >= 15 is 0 Å². The Kier molecular flexibility index (Phi) is 2.51. The quantitative estimate of drug-likeness (QED) is 0.546. The van der Waals surface area contributed by atoms with E-state index in [0.29, 0.717) is 0 Å². The van der Waals surface area contributed by atoms with Gasteiger partial charge in [0.15, 0.2) is 0 Å². The SMILES string of the molecule is N[C@H](c1ccc(F)nc1)C(F)(F)F. The van der Waals surface area contributed by atoms with Gasteiger partial charge in [0, 0.05) is 6.20 Å². The second kappa shape index (κ2) is 3.29. The molecular weight excluding hydrogens is 188 g/mol. The number of aromatic nitrogens is 1. The van der Waals surface area contributed by atoms with Crippen molar-refractivity contribution in [2.45, 2.75) is 12.2 Å². The van der Waals surface area contributed by atoms with Crippen molar-refractivity contribution in [3.05, 3.63) is 29.8 Å². The van der Waals surface area contributed by atoms with Gasteiger partial charge in [-0.25, -0.2) is 4.98 Å². The zero-order valence-corrected chi connectivity index (χ0v) is 6.35. The van der Waals surface area contributed by atoms with E-state index in [1.807, 2.05) is 0 Å². The predicted molar refractivity (Wildman–Crippen MR) is 37.2 cm³/mol. The lowest BCUT2D eigenvalue weighted by Gasteiger charge is -2.14. The number of pyridine rings is 1. The Morgan fingerprint density at radius 2 is 1.92 bits per heavy atom. The van der Waals surface area contributed by atoms with Gasteiger partial charge >= 0.3 is 6.18 Å². The van der Waals surface area contributed by atoms with Gasteiger partial charge in [-0.1, -0.05) is 6.07 Å². The first kappa shape index (κ1) is 9.91. The summed E-state index contributed by atoms with van der Waals surface area (Å²) in [5.41, 5.74) is 4.58. The van der Waals surface area contributed by atoms with Crippen LogP contribution in [0.25, 0.3) is 0 Å². The molecule has 0 saturated carbocycles. The molecular formula is C7H6F4N2. The topological polar surface area (TPSA) is 38.9 Å². The first-order chi connectivity index (χ1) is 5.91. The summed E-state index contributed by atoms with van der Waals surface area (Å²) >= 11 is 0. The van der Waals surface area contributed by atoms with Crippen LogP contribution < -0.4 is 5.73 Å². The van der Waals surface area contributed by atoms with E-state index in [0.717, 1.165) is 18.3 Å². The van der Waals surface area contributed by atoms with Gasteiger partial charge in [-0.2, -0.15) is 17.6 Å². The molecule has 2 nitrogen and oxygen atoms in total. The summed E-state index contributed by atoms with van der Waals surface area (Å²) in [6, 6.07) is -0.317. The number of nitrogens with two attached hydrogens (primary N) is 1. The number of alkyl halides is 3. The molecule has 72 valence electrons. The highest BCUT2D eigenvalue weighted by Gasteiger charge is 2.37. The van der Waals surface area contributed by atoms with Crippen LogP contribution in [0.2, 0.25) is 0 Å². The number of rotatable bonds is 1. The van der Waals surface area contributed by atoms with E-state index in [2.05, 4.69) is 4.98 Å². The lowest BCUT2D eigenvalue weighted by atomic mass is 10.1. The number of nitrogens with zero attached hydrogens (tertiary/aromatic N) is 1. The van der Waals surface area contributed by atoms with Crippen LogP contribution in [0.1, 0.15) is 11.6 Å². The van der Waals surface area contributed by atoms with E-state index in [1.54, 1.807) is 0 Å². The van der Waals surface area contributed by atoms with Crippen molar-refractivity contribution in [1.29, 1.82) is 0 Å². The average Bonchev–Trinajstić information content (AvgIpc) is 2.03. The van der Waals surface area contributed by atoms with Crippen molar-refractivity contribution in [2.24, 2.45) is 5.73 Å². The van der Waals surface area contributed by atoms with Gasteiger partial charge in [-0.3, -0.25) is 0 Å². The maximum atomic E-state index is 12.2. The Balaban J connectivity index is 2.90. The molecule has 2 N–H and O–H groups in total. The fourth-order valence-corrected chi connectivity index (χ4v) is 0.760. The largest absolute Gasteiger partial charge is 0.407 e. The molecule has 13 heavy (non-hydrogen) atoms. The van der Waals surface area contributed by atoms with Crippen LogP contribution in [0.5, 0.6) is 0 Å². The van der Waals surface area contributed by atoms with Crippen molar-refractivity contribution >= 4 is 0 Å². The van der Waals surface area contributed by atoms with Gasteiger partial charge < -0.3 is 5.73 Å². The summed E-state index contributed by atoms with van der Waals surface area (Å²) in [5, 5.41) is 0. The van der Waals surface area contributed by atoms with E-state index in [1.165, 1.54) is 0 Å². The molecule has 1 heterocycles. The minimum atomic E-state index is -4.53. The van der Waals surface area contributed by atoms with Crippen molar-refractivity contribution in [3.63, 3.8) is 0 Å². The molecule has 1 aromatic heterocycles. The molecule has 0 amide bonds. The van der Waals surface area contributed by atoms with Crippen molar-refractivity contribution in [2.75, 3.05) is 0 Å². The van der Waals surface area contributed by atoms with Gasteiger partial charge in [0.25, 0.3) is 0 Å². The highest BCUT2D eigenvalue weighted by Crippen LogP contribution is 2.29. The van der Waals surface area contributed by atoms with Gasteiger partial charge in [0.1, 0.15) is 6.04 Å². The molecule has 0 spiro atoms. The number of hydrogen-bond donors (Lipinski definition) is 1. The van der Waals surface area contributed by atoms with Gasteiger partial charge in [0.05, 0.1) is 0 Å². The molecule has 0 radical (unpaired) electrons. The predicted octanol–water partition coefficient (Wildman–Crippen LogP) is 1.78. The fraction of sp³-hybridized carbons (Fsp3) is 0.286. The molecule has 1 aromatic rings. The third kappa shape index (κ3) is 2.38. The zero-order valence-electron chi connectivity index (χ0n) is 6.35. The normalized spacial score (nSPS) is 14.2. The molecule has 6 heteroatoms. The molecule has 0 aromatic carbocycles. The van der Waals surface area contributed by atoms with Crippen LogP contribution in [0.3, 0.4) is 0 Å². The lowest BCUT2D eigenvalue weighted by molar-refractivity contribution is -0.149. The van der Waals surface area contributed by atoms with Gasteiger partial charge in [0.2, 0.25) is 5.95 Å². The third-order valence-corrected chi connectivity index (χ3v) is 1.46. The Morgan fingerprint density at radius 3 is 2.31 bits per heavy atom. The Labute approximate surface area is 71.4 Å². The Morgan fingerprint density at radius 1 is 1.31 bits per heavy atom. The first-order valence-corrected chi connectivity index (χ1v) is 3.35. The van der Waals surface area contributed by atoms with Crippen molar-refractivity contribution in [3.8, 4) is 0 Å². The van der Waals surface area contributed by atoms with E-state index in [4.69, 9.17) is 5.73 Å². The monoisotopic (exact) mass is 194 g/mol. The number of halogens is 4. The van der Waals surface area contributed by atoms with E-state index < -0.39 is 18.2 Å². The maximum absolute atomic E-state index is 12.2.